The molecule has 0 atom stereocenters. The van der Waals surface area contributed by atoms with Gasteiger partial charge in [-0.3, -0.25) is 0 Å². The summed E-state index contributed by atoms with van der Waals surface area (Å²) in [6, 6.07) is 11.8. The summed E-state index contributed by atoms with van der Waals surface area (Å²) in [4.78, 5) is 13.9. The third-order valence-electron chi connectivity index (χ3n) is 2.88. The van der Waals surface area contributed by atoms with Crippen molar-refractivity contribution in [2.24, 2.45) is 0 Å². The molecule has 1 saturated heterocycles. The number of hydrogen-bond acceptors (Lipinski definition) is 5. The normalized spacial score (nSPS) is 17.3. The first kappa shape index (κ1) is 14.5. The average Bonchev–Trinajstić information content (AvgIpc) is 2.50. The summed E-state index contributed by atoms with van der Waals surface area (Å²) in [5.41, 5.74) is 1.09. The van der Waals surface area contributed by atoms with Gasteiger partial charge in [-0.2, -0.15) is 5.26 Å². The Kier molecular flexibility index (Phi) is 5.08. The van der Waals surface area contributed by atoms with E-state index in [-0.39, 0.29) is 12.2 Å². The molecule has 0 N–H and O–H groups in total. The van der Waals surface area contributed by atoms with E-state index in [0.29, 0.717) is 5.03 Å². The van der Waals surface area contributed by atoms with E-state index < -0.39 is 5.97 Å². The first-order valence-electron chi connectivity index (χ1n) is 6.54. The lowest BCUT2D eigenvalue weighted by Gasteiger charge is -2.31. The Balaban J connectivity index is 2.39. The summed E-state index contributed by atoms with van der Waals surface area (Å²) < 4.78 is 4.97. The number of carbonyl (C=O) groups excluding carboxylic acids is 1. The molecule has 1 aliphatic rings. The molecule has 104 valence electrons. The Morgan fingerprint density at radius 3 is 2.85 bits per heavy atom. The van der Waals surface area contributed by atoms with Crippen LogP contribution in [0.15, 0.2) is 40.9 Å². The number of nitrogens with zero attached hydrogens (tertiary/aromatic N) is 2. The molecular weight excluding hydrogens is 272 g/mol. The van der Waals surface area contributed by atoms with Gasteiger partial charge in [0.15, 0.2) is 5.57 Å². The predicted molar refractivity (Wildman–Crippen MR) is 80.1 cm³/mol. The van der Waals surface area contributed by atoms with Crippen LogP contribution in [0.4, 0.5) is 5.69 Å². The van der Waals surface area contributed by atoms with E-state index in [0.717, 1.165) is 24.4 Å². The minimum absolute atomic E-state index is 0.0976. The topological polar surface area (TPSA) is 53.3 Å². The fourth-order valence-electron chi connectivity index (χ4n) is 2.02. The largest absolute Gasteiger partial charge is 0.462 e. The molecule has 1 fully saturated rings. The van der Waals surface area contributed by atoms with Gasteiger partial charge >= 0.3 is 5.97 Å². The van der Waals surface area contributed by atoms with Crippen molar-refractivity contribution in [3.8, 4) is 6.07 Å². The van der Waals surface area contributed by atoms with Crippen LogP contribution in [0.3, 0.4) is 0 Å². The third-order valence-corrected chi connectivity index (χ3v) is 4.07. The highest BCUT2D eigenvalue weighted by atomic mass is 32.2. The zero-order valence-electron chi connectivity index (χ0n) is 11.3. The van der Waals surface area contributed by atoms with Crippen LogP contribution in [-0.4, -0.2) is 24.9 Å². The standard InChI is InChI=1S/C15H16N2O2S/c1-2-19-15(18)13(11-16)14-17(9-6-10-20-14)12-7-4-3-5-8-12/h3-5,7-8H,2,6,9-10H2,1H3/b14-13+. The van der Waals surface area contributed by atoms with E-state index in [9.17, 15) is 10.1 Å². The number of thioether (sulfide) groups is 1. The molecule has 5 heteroatoms. The molecule has 0 saturated carbocycles. The number of benzene rings is 1. The van der Waals surface area contributed by atoms with Gasteiger partial charge in [-0.15, -0.1) is 11.8 Å². The van der Waals surface area contributed by atoms with Gasteiger partial charge in [0.1, 0.15) is 11.1 Å². The van der Waals surface area contributed by atoms with Crippen molar-refractivity contribution < 1.29 is 9.53 Å². The number of ether oxygens (including phenoxy) is 1. The highest BCUT2D eigenvalue weighted by molar-refractivity contribution is 8.03. The molecule has 2 rings (SSSR count). The van der Waals surface area contributed by atoms with Gasteiger partial charge in [0.05, 0.1) is 6.61 Å². The Bertz CT molecular complexity index is 549. The second kappa shape index (κ2) is 7.01. The number of hydrogen-bond donors (Lipinski definition) is 0. The first-order valence-corrected chi connectivity index (χ1v) is 7.53. The lowest BCUT2D eigenvalue weighted by atomic mass is 10.2. The molecule has 0 aliphatic carbocycles. The molecule has 4 nitrogen and oxygen atoms in total. The number of rotatable bonds is 3. The lowest BCUT2D eigenvalue weighted by Crippen LogP contribution is -2.29. The number of anilines is 1. The molecule has 0 radical (unpaired) electrons. The van der Waals surface area contributed by atoms with Crippen LogP contribution in [0.25, 0.3) is 0 Å². The summed E-state index contributed by atoms with van der Waals surface area (Å²) in [7, 11) is 0. The molecule has 1 heterocycles. The van der Waals surface area contributed by atoms with Crippen LogP contribution in [0.2, 0.25) is 0 Å². The number of para-hydroxylation sites is 1. The maximum Gasteiger partial charge on any atom is 0.351 e. The summed E-state index contributed by atoms with van der Waals surface area (Å²) in [6.07, 6.45) is 1.02. The van der Waals surface area contributed by atoms with Crippen LogP contribution in [0.1, 0.15) is 13.3 Å². The minimum atomic E-state index is -0.541. The fraction of sp³-hybridized carbons (Fsp3) is 0.333. The van der Waals surface area contributed by atoms with Crippen molar-refractivity contribution >= 4 is 23.4 Å². The number of esters is 1. The van der Waals surface area contributed by atoms with Gasteiger partial charge in [0.25, 0.3) is 0 Å². The second-order valence-electron chi connectivity index (χ2n) is 4.20. The Morgan fingerprint density at radius 2 is 2.20 bits per heavy atom. The molecule has 0 amide bonds. The second-order valence-corrected chi connectivity index (χ2v) is 5.29. The van der Waals surface area contributed by atoms with Gasteiger partial charge in [-0.25, -0.2) is 4.79 Å². The Hall–Kier alpha value is -1.93. The predicted octanol–water partition coefficient (Wildman–Crippen LogP) is 2.93. The Labute approximate surface area is 123 Å². The van der Waals surface area contributed by atoms with Gasteiger partial charge in [-0.1, -0.05) is 18.2 Å². The molecule has 1 aliphatic heterocycles. The monoisotopic (exact) mass is 288 g/mol. The minimum Gasteiger partial charge on any atom is -0.462 e. The molecule has 0 bridgehead atoms. The SMILES string of the molecule is CCOC(=O)/C(C#N)=C1/SCCCN1c1ccccc1. The van der Waals surface area contributed by atoms with E-state index in [1.54, 1.807) is 6.92 Å². The van der Waals surface area contributed by atoms with E-state index >= 15 is 0 Å². The van der Waals surface area contributed by atoms with Gasteiger partial charge in [0.2, 0.25) is 0 Å². The van der Waals surface area contributed by atoms with Crippen molar-refractivity contribution in [1.29, 1.82) is 5.26 Å². The maximum absolute atomic E-state index is 11.9. The van der Waals surface area contributed by atoms with E-state index in [1.165, 1.54) is 11.8 Å². The van der Waals surface area contributed by atoms with Crippen LogP contribution >= 0.6 is 11.8 Å². The van der Waals surface area contributed by atoms with E-state index in [4.69, 9.17) is 4.74 Å². The lowest BCUT2D eigenvalue weighted by molar-refractivity contribution is -0.138. The third kappa shape index (κ3) is 3.14. The first-order chi connectivity index (χ1) is 9.77. The molecule has 1 aromatic carbocycles. The van der Waals surface area contributed by atoms with Gasteiger partial charge in [0, 0.05) is 18.0 Å². The molecule has 0 spiro atoms. The van der Waals surface area contributed by atoms with Crippen LogP contribution < -0.4 is 4.90 Å². The molecule has 20 heavy (non-hydrogen) atoms. The maximum atomic E-state index is 11.9. The highest BCUT2D eigenvalue weighted by Crippen LogP contribution is 2.34. The zero-order valence-corrected chi connectivity index (χ0v) is 12.2. The molecular formula is C15H16N2O2S. The molecule has 1 aromatic rings. The van der Waals surface area contributed by atoms with Crippen molar-refractivity contribution in [3.05, 3.63) is 40.9 Å². The quantitative estimate of drug-likeness (QED) is 0.486. The summed E-state index contributed by atoms with van der Waals surface area (Å²) in [6.45, 7) is 2.81. The van der Waals surface area contributed by atoms with Crippen molar-refractivity contribution in [2.75, 3.05) is 23.8 Å². The number of carbonyl (C=O) groups is 1. The zero-order chi connectivity index (χ0) is 14.4. The summed E-state index contributed by atoms with van der Waals surface area (Å²) in [5.74, 6) is 0.365. The van der Waals surface area contributed by atoms with Gasteiger partial charge in [-0.05, 0) is 25.5 Å². The summed E-state index contributed by atoms with van der Waals surface area (Å²) in [5, 5.41) is 9.99. The Morgan fingerprint density at radius 1 is 1.45 bits per heavy atom. The summed E-state index contributed by atoms with van der Waals surface area (Å²) >= 11 is 1.54. The van der Waals surface area contributed by atoms with Crippen LogP contribution in [-0.2, 0) is 9.53 Å². The van der Waals surface area contributed by atoms with Crippen LogP contribution in [0, 0.1) is 11.3 Å². The van der Waals surface area contributed by atoms with E-state index in [1.807, 2.05) is 41.3 Å². The molecule has 0 aromatic heterocycles. The molecule has 0 unspecified atom stereocenters. The van der Waals surface area contributed by atoms with E-state index in [2.05, 4.69) is 0 Å². The van der Waals surface area contributed by atoms with Crippen molar-refractivity contribution in [3.63, 3.8) is 0 Å². The van der Waals surface area contributed by atoms with Crippen molar-refractivity contribution in [2.45, 2.75) is 13.3 Å². The van der Waals surface area contributed by atoms with Crippen LogP contribution in [0.5, 0.6) is 0 Å². The average molecular weight is 288 g/mol. The van der Waals surface area contributed by atoms with Crippen molar-refractivity contribution in [1.82, 2.24) is 0 Å². The fourth-order valence-corrected chi connectivity index (χ4v) is 3.11. The highest BCUT2D eigenvalue weighted by Gasteiger charge is 2.25. The smallest absolute Gasteiger partial charge is 0.351 e. The number of nitriles is 1. The van der Waals surface area contributed by atoms with Gasteiger partial charge < -0.3 is 9.64 Å².